The average Bonchev–Trinajstić information content (AvgIpc) is 2.72. The number of halogens is 1. The summed E-state index contributed by atoms with van der Waals surface area (Å²) in [4.78, 5) is 4.85. The van der Waals surface area contributed by atoms with E-state index in [0.29, 0.717) is 43.0 Å². The van der Waals surface area contributed by atoms with E-state index in [4.69, 9.17) is 0 Å². The quantitative estimate of drug-likeness (QED) is 0.582. The molecule has 1 saturated carbocycles. The molecule has 2 heterocycles. The first-order valence-corrected chi connectivity index (χ1v) is 14.4. The maximum atomic E-state index is 13.1. The summed E-state index contributed by atoms with van der Waals surface area (Å²) in [5.41, 5.74) is 1.23. The molecule has 4 rings (SSSR count). The van der Waals surface area contributed by atoms with E-state index in [1.54, 1.807) is 24.3 Å². The summed E-state index contributed by atoms with van der Waals surface area (Å²) in [6.45, 7) is 0.961. The Hall–Kier alpha value is -2.08. The van der Waals surface area contributed by atoms with Crippen LogP contribution < -0.4 is 10.0 Å². The Kier molecular flexibility index (Phi) is 7.04. The summed E-state index contributed by atoms with van der Waals surface area (Å²) in [6, 6.07) is 9.01. The number of benzene rings is 1. The Morgan fingerprint density at radius 2 is 1.67 bits per heavy atom. The van der Waals surface area contributed by atoms with E-state index >= 15 is 0 Å². The van der Waals surface area contributed by atoms with Crippen molar-refractivity contribution in [1.29, 1.82) is 0 Å². The van der Waals surface area contributed by atoms with Gasteiger partial charge in [-0.05, 0) is 55.5 Å². The minimum atomic E-state index is -3.80. The summed E-state index contributed by atoms with van der Waals surface area (Å²) >= 11 is 0. The first kappa shape index (κ1) is 24.1. The van der Waals surface area contributed by atoms with Gasteiger partial charge in [0.25, 0.3) is 0 Å². The smallest absolute Gasteiger partial charge is 0.242 e. The first-order valence-electron chi connectivity index (χ1n) is 11.1. The van der Waals surface area contributed by atoms with Gasteiger partial charge in [-0.2, -0.15) is 0 Å². The Labute approximate surface area is 194 Å². The fourth-order valence-corrected chi connectivity index (χ4v) is 6.26. The van der Waals surface area contributed by atoms with Crippen LogP contribution in [0.1, 0.15) is 49.3 Å². The van der Waals surface area contributed by atoms with Crippen molar-refractivity contribution in [3.05, 3.63) is 53.5 Å². The van der Waals surface area contributed by atoms with E-state index in [0.717, 1.165) is 19.3 Å². The zero-order chi connectivity index (χ0) is 23.6. The van der Waals surface area contributed by atoms with Crippen LogP contribution >= 0.6 is 0 Å². The number of hydrogen-bond donors (Lipinski definition) is 2. The Morgan fingerprint density at radius 1 is 1.00 bits per heavy atom. The van der Waals surface area contributed by atoms with E-state index in [1.165, 1.54) is 22.7 Å². The van der Waals surface area contributed by atoms with Crippen LogP contribution in [0.3, 0.4) is 0 Å². The maximum Gasteiger partial charge on any atom is 0.242 e. The highest BCUT2D eigenvalue weighted by Gasteiger charge is 2.30. The number of sulfonamides is 2. The summed E-state index contributed by atoms with van der Waals surface area (Å²) < 4.78 is 66.7. The largest absolute Gasteiger partial charge is 0.367 e. The van der Waals surface area contributed by atoms with Crippen LogP contribution in [0.15, 0.2) is 41.3 Å². The molecular formula is C22H29FN4O4S2. The number of pyridine rings is 1. The number of piperidine rings is 1. The summed E-state index contributed by atoms with van der Waals surface area (Å²) in [5.74, 6) is 0.326. The van der Waals surface area contributed by atoms with Gasteiger partial charge in [-0.1, -0.05) is 18.6 Å². The minimum absolute atomic E-state index is 0.0611. The summed E-state index contributed by atoms with van der Waals surface area (Å²) in [5, 5.41) is 3.35. The number of rotatable bonds is 8. The van der Waals surface area contributed by atoms with Gasteiger partial charge in [0, 0.05) is 31.6 Å². The van der Waals surface area contributed by atoms with Gasteiger partial charge in [-0.15, -0.1) is 0 Å². The molecule has 2 aliphatic rings. The van der Waals surface area contributed by atoms with Gasteiger partial charge >= 0.3 is 0 Å². The van der Waals surface area contributed by atoms with Gasteiger partial charge in [-0.3, -0.25) is 0 Å². The fourth-order valence-electron chi connectivity index (χ4n) is 4.14. The van der Waals surface area contributed by atoms with Gasteiger partial charge in [0.05, 0.1) is 11.9 Å². The number of aromatic nitrogens is 1. The van der Waals surface area contributed by atoms with Gasteiger partial charge in [0.1, 0.15) is 16.5 Å². The lowest BCUT2D eigenvalue weighted by Crippen LogP contribution is -2.42. The Bertz CT molecular complexity index is 1190. The molecule has 0 bridgehead atoms. The van der Waals surface area contributed by atoms with Gasteiger partial charge in [0.2, 0.25) is 20.0 Å². The van der Waals surface area contributed by atoms with E-state index in [1.807, 2.05) is 0 Å². The monoisotopic (exact) mass is 496 g/mol. The molecule has 2 N–H and O–H groups in total. The normalized spacial score (nSPS) is 18.7. The molecule has 0 atom stereocenters. The highest BCUT2D eigenvalue weighted by Crippen LogP contribution is 2.39. The number of hydrogen-bond acceptors (Lipinski definition) is 6. The molecular weight excluding hydrogens is 467 g/mol. The molecule has 1 aliphatic carbocycles. The standard InChI is InChI=1S/C22H29FN4O4S2/c1-32(28,29)27-13-11-19(12-14-27)25-21-10-9-20(22(26-21)17-3-2-4-17)33(30,31)24-15-16-5-7-18(23)8-6-16/h5-10,17,19,24H,2-4,11-15H2,1H3,(H,25,26). The van der Waals surface area contributed by atoms with Crippen LogP contribution in [-0.2, 0) is 26.6 Å². The molecule has 0 spiro atoms. The van der Waals surface area contributed by atoms with Crippen LogP contribution in [0.25, 0.3) is 0 Å². The van der Waals surface area contributed by atoms with Crippen molar-refractivity contribution in [2.75, 3.05) is 24.7 Å². The second-order valence-corrected chi connectivity index (χ2v) is 12.5. The molecule has 0 amide bonds. The number of nitrogens with one attached hydrogen (secondary N) is 2. The van der Waals surface area contributed by atoms with Crippen LogP contribution in [-0.4, -0.2) is 51.5 Å². The SMILES string of the molecule is CS(=O)(=O)N1CCC(Nc2ccc(S(=O)(=O)NCc3ccc(F)cc3)c(C3CCC3)n2)CC1. The van der Waals surface area contributed by atoms with Crippen LogP contribution in [0.5, 0.6) is 0 Å². The lowest BCUT2D eigenvalue weighted by atomic mass is 9.82. The molecule has 33 heavy (non-hydrogen) atoms. The lowest BCUT2D eigenvalue weighted by Gasteiger charge is -2.31. The third kappa shape index (κ3) is 5.89. The molecule has 1 aromatic carbocycles. The number of anilines is 1. The minimum Gasteiger partial charge on any atom is -0.367 e. The van der Waals surface area contributed by atoms with E-state index in [9.17, 15) is 21.2 Å². The van der Waals surface area contributed by atoms with Gasteiger partial charge in [-0.25, -0.2) is 35.2 Å². The number of nitrogens with zero attached hydrogens (tertiary/aromatic N) is 2. The Balaban J connectivity index is 1.48. The van der Waals surface area contributed by atoms with Crippen molar-refractivity contribution in [2.24, 2.45) is 0 Å². The lowest BCUT2D eigenvalue weighted by molar-refractivity contribution is 0.331. The molecule has 1 aromatic heterocycles. The molecule has 180 valence electrons. The van der Waals surface area contributed by atoms with Crippen molar-refractivity contribution in [3.8, 4) is 0 Å². The third-order valence-corrected chi connectivity index (χ3v) is 9.07. The van der Waals surface area contributed by atoms with Crippen molar-refractivity contribution >= 4 is 25.9 Å². The zero-order valence-electron chi connectivity index (χ0n) is 18.5. The van der Waals surface area contributed by atoms with Crippen molar-refractivity contribution in [3.63, 3.8) is 0 Å². The zero-order valence-corrected chi connectivity index (χ0v) is 20.1. The van der Waals surface area contributed by atoms with Crippen molar-refractivity contribution in [1.82, 2.24) is 14.0 Å². The highest BCUT2D eigenvalue weighted by molar-refractivity contribution is 7.89. The first-order chi connectivity index (χ1) is 15.6. The van der Waals surface area contributed by atoms with Crippen LogP contribution in [0.4, 0.5) is 10.2 Å². The predicted molar refractivity (Wildman–Crippen MR) is 124 cm³/mol. The highest BCUT2D eigenvalue weighted by atomic mass is 32.2. The second-order valence-electron chi connectivity index (χ2n) is 8.74. The fraction of sp³-hybridized carbons (Fsp3) is 0.500. The van der Waals surface area contributed by atoms with Crippen LogP contribution in [0.2, 0.25) is 0 Å². The molecule has 0 unspecified atom stereocenters. The van der Waals surface area contributed by atoms with E-state index in [2.05, 4.69) is 15.0 Å². The van der Waals surface area contributed by atoms with Gasteiger partial charge < -0.3 is 5.32 Å². The Morgan fingerprint density at radius 3 is 2.24 bits per heavy atom. The average molecular weight is 497 g/mol. The third-order valence-electron chi connectivity index (χ3n) is 6.32. The van der Waals surface area contributed by atoms with E-state index in [-0.39, 0.29) is 29.2 Å². The molecule has 1 saturated heterocycles. The maximum absolute atomic E-state index is 13.1. The molecule has 2 aromatic rings. The van der Waals surface area contributed by atoms with Gasteiger partial charge in [0.15, 0.2) is 0 Å². The molecule has 11 heteroatoms. The molecule has 8 nitrogen and oxygen atoms in total. The second kappa shape index (κ2) is 9.65. The predicted octanol–water partition coefficient (Wildman–Crippen LogP) is 2.80. The van der Waals surface area contributed by atoms with Crippen LogP contribution in [0, 0.1) is 5.82 Å². The van der Waals surface area contributed by atoms with Crippen molar-refractivity contribution < 1.29 is 21.2 Å². The van der Waals surface area contributed by atoms with Crippen molar-refractivity contribution in [2.45, 2.75) is 55.5 Å². The van der Waals surface area contributed by atoms with E-state index < -0.39 is 20.0 Å². The molecule has 2 fully saturated rings. The molecule has 0 radical (unpaired) electrons. The topological polar surface area (TPSA) is 108 Å². The molecule has 1 aliphatic heterocycles. The summed E-state index contributed by atoms with van der Waals surface area (Å²) in [7, 11) is -6.99. The summed E-state index contributed by atoms with van der Waals surface area (Å²) in [6.07, 6.45) is 5.36.